The largest absolute Gasteiger partial charge is 0.497 e. The standard InChI is InChI=1S/C25H25N3O2S/c1-4-18-7-5-6-17(2)24(18)28-23(29)14-15-31-25-20(16-26)10-13-22(27-25)19-8-11-21(30-3)12-9-19/h5-13H,4,14-15H2,1-3H3,(H,28,29). The monoisotopic (exact) mass is 431 g/mol. The van der Waals surface area contributed by atoms with Crippen molar-refractivity contribution in [1.82, 2.24) is 4.98 Å². The van der Waals surface area contributed by atoms with Gasteiger partial charge >= 0.3 is 0 Å². The lowest BCUT2D eigenvalue weighted by atomic mass is 10.1. The van der Waals surface area contributed by atoms with E-state index in [0.717, 1.165) is 40.2 Å². The molecule has 0 aliphatic carbocycles. The number of aryl methyl sites for hydroxylation is 2. The van der Waals surface area contributed by atoms with Crippen molar-refractivity contribution in [3.63, 3.8) is 0 Å². The zero-order valence-corrected chi connectivity index (χ0v) is 18.8. The van der Waals surface area contributed by atoms with E-state index >= 15 is 0 Å². The van der Waals surface area contributed by atoms with Gasteiger partial charge in [0.05, 0.1) is 18.4 Å². The summed E-state index contributed by atoms with van der Waals surface area (Å²) in [6.45, 7) is 4.07. The van der Waals surface area contributed by atoms with Crippen LogP contribution in [0.1, 0.15) is 30.0 Å². The number of nitrogens with one attached hydrogen (secondary N) is 1. The van der Waals surface area contributed by atoms with Crippen molar-refractivity contribution in [3.8, 4) is 23.1 Å². The first-order valence-electron chi connectivity index (χ1n) is 10.1. The lowest BCUT2D eigenvalue weighted by molar-refractivity contribution is -0.115. The summed E-state index contributed by atoms with van der Waals surface area (Å²) in [5, 5.41) is 13.1. The Hall–Kier alpha value is -3.30. The maximum atomic E-state index is 12.5. The van der Waals surface area contributed by atoms with Gasteiger partial charge in [-0.3, -0.25) is 4.79 Å². The average Bonchev–Trinajstić information content (AvgIpc) is 2.80. The van der Waals surface area contributed by atoms with Gasteiger partial charge in [-0.1, -0.05) is 25.1 Å². The third-order valence-electron chi connectivity index (χ3n) is 4.94. The van der Waals surface area contributed by atoms with Crippen molar-refractivity contribution in [2.75, 3.05) is 18.2 Å². The number of nitriles is 1. The average molecular weight is 432 g/mol. The van der Waals surface area contributed by atoms with Crippen LogP contribution in [-0.2, 0) is 11.2 Å². The van der Waals surface area contributed by atoms with E-state index in [9.17, 15) is 10.1 Å². The van der Waals surface area contributed by atoms with Crippen LogP contribution in [0.15, 0.2) is 59.6 Å². The maximum Gasteiger partial charge on any atom is 0.225 e. The Morgan fingerprint density at radius 3 is 2.61 bits per heavy atom. The number of benzene rings is 2. The molecule has 6 heteroatoms. The molecule has 5 nitrogen and oxygen atoms in total. The number of hydrogen-bond acceptors (Lipinski definition) is 5. The molecule has 158 valence electrons. The number of hydrogen-bond donors (Lipinski definition) is 1. The SMILES string of the molecule is CCc1cccc(C)c1NC(=O)CCSc1nc(-c2ccc(OC)cc2)ccc1C#N. The third-order valence-corrected chi connectivity index (χ3v) is 5.93. The molecular formula is C25H25N3O2S. The highest BCUT2D eigenvalue weighted by molar-refractivity contribution is 7.99. The molecule has 1 aromatic heterocycles. The number of ether oxygens (including phenoxy) is 1. The zero-order chi connectivity index (χ0) is 22.2. The Morgan fingerprint density at radius 2 is 1.94 bits per heavy atom. The molecule has 0 aliphatic heterocycles. The van der Waals surface area contributed by atoms with Crippen molar-refractivity contribution in [1.29, 1.82) is 5.26 Å². The fourth-order valence-electron chi connectivity index (χ4n) is 3.20. The van der Waals surface area contributed by atoms with Crippen LogP contribution in [0, 0.1) is 18.3 Å². The molecule has 2 aromatic carbocycles. The second kappa shape index (κ2) is 10.6. The van der Waals surface area contributed by atoms with Crippen LogP contribution in [0.5, 0.6) is 5.75 Å². The number of rotatable bonds is 8. The van der Waals surface area contributed by atoms with Crippen molar-refractivity contribution < 1.29 is 9.53 Å². The fraction of sp³-hybridized carbons (Fsp3) is 0.240. The first-order chi connectivity index (χ1) is 15.0. The summed E-state index contributed by atoms with van der Waals surface area (Å²) in [7, 11) is 1.63. The van der Waals surface area contributed by atoms with Gasteiger partial charge in [-0.25, -0.2) is 4.98 Å². The topological polar surface area (TPSA) is 75.0 Å². The van der Waals surface area contributed by atoms with E-state index in [2.05, 4.69) is 23.3 Å². The van der Waals surface area contributed by atoms with E-state index in [0.29, 0.717) is 22.8 Å². The van der Waals surface area contributed by atoms with Gasteiger partial charge in [-0.15, -0.1) is 11.8 Å². The van der Waals surface area contributed by atoms with Crippen LogP contribution >= 0.6 is 11.8 Å². The zero-order valence-electron chi connectivity index (χ0n) is 17.9. The van der Waals surface area contributed by atoms with Gasteiger partial charge in [0.15, 0.2) is 0 Å². The summed E-state index contributed by atoms with van der Waals surface area (Å²) >= 11 is 1.42. The predicted octanol–water partition coefficient (Wildman–Crippen LogP) is 5.62. The van der Waals surface area contributed by atoms with E-state index in [4.69, 9.17) is 4.74 Å². The summed E-state index contributed by atoms with van der Waals surface area (Å²) in [4.78, 5) is 17.2. The van der Waals surface area contributed by atoms with Gasteiger partial charge in [0.25, 0.3) is 0 Å². The molecule has 0 atom stereocenters. The number of anilines is 1. The number of methoxy groups -OCH3 is 1. The molecule has 0 fully saturated rings. The van der Waals surface area contributed by atoms with E-state index in [1.807, 2.05) is 55.5 Å². The number of aromatic nitrogens is 1. The minimum atomic E-state index is -0.0404. The molecule has 3 rings (SSSR count). The lowest BCUT2D eigenvalue weighted by Crippen LogP contribution is -2.14. The molecule has 3 aromatic rings. The summed E-state index contributed by atoms with van der Waals surface area (Å²) in [6, 6.07) is 19.5. The predicted molar refractivity (Wildman–Crippen MR) is 125 cm³/mol. The molecule has 0 radical (unpaired) electrons. The molecule has 0 bridgehead atoms. The maximum absolute atomic E-state index is 12.5. The smallest absolute Gasteiger partial charge is 0.225 e. The number of carbonyl (C=O) groups excluding carboxylic acids is 1. The fourth-order valence-corrected chi connectivity index (χ4v) is 4.12. The summed E-state index contributed by atoms with van der Waals surface area (Å²) in [5.41, 5.74) is 5.31. The Balaban J connectivity index is 1.67. The second-order valence-corrected chi connectivity index (χ2v) is 8.08. The van der Waals surface area contributed by atoms with Crippen molar-refractivity contribution >= 4 is 23.4 Å². The van der Waals surface area contributed by atoms with Crippen LogP contribution in [-0.4, -0.2) is 23.8 Å². The minimum absolute atomic E-state index is 0.0404. The summed E-state index contributed by atoms with van der Waals surface area (Å²) < 4.78 is 5.20. The summed E-state index contributed by atoms with van der Waals surface area (Å²) in [5.74, 6) is 1.27. The Kier molecular flexibility index (Phi) is 7.69. The quantitative estimate of drug-likeness (QED) is 0.469. The number of para-hydroxylation sites is 1. The first kappa shape index (κ1) is 22.4. The molecular weight excluding hydrogens is 406 g/mol. The highest BCUT2D eigenvalue weighted by Gasteiger charge is 2.12. The second-order valence-electron chi connectivity index (χ2n) is 7.00. The van der Waals surface area contributed by atoms with Crippen LogP contribution < -0.4 is 10.1 Å². The Labute approximate surface area is 187 Å². The number of carbonyl (C=O) groups is 1. The molecule has 0 spiro atoms. The number of pyridine rings is 1. The van der Waals surface area contributed by atoms with Crippen LogP contribution in [0.2, 0.25) is 0 Å². The highest BCUT2D eigenvalue weighted by atomic mass is 32.2. The van der Waals surface area contributed by atoms with E-state index in [1.54, 1.807) is 13.2 Å². The van der Waals surface area contributed by atoms with Crippen molar-refractivity contribution in [3.05, 3.63) is 71.3 Å². The highest BCUT2D eigenvalue weighted by Crippen LogP contribution is 2.27. The summed E-state index contributed by atoms with van der Waals surface area (Å²) in [6.07, 6.45) is 1.20. The molecule has 31 heavy (non-hydrogen) atoms. The first-order valence-corrected chi connectivity index (χ1v) is 11.1. The normalized spacial score (nSPS) is 10.4. The number of nitrogens with zero attached hydrogens (tertiary/aromatic N) is 2. The van der Waals surface area contributed by atoms with Gasteiger partial charge in [-0.2, -0.15) is 5.26 Å². The van der Waals surface area contributed by atoms with Gasteiger partial charge in [0.2, 0.25) is 5.91 Å². The van der Waals surface area contributed by atoms with E-state index in [1.165, 1.54) is 11.8 Å². The Bertz CT molecular complexity index is 1100. The molecule has 0 unspecified atom stereocenters. The molecule has 0 saturated carbocycles. The van der Waals surface area contributed by atoms with Crippen molar-refractivity contribution in [2.24, 2.45) is 0 Å². The van der Waals surface area contributed by atoms with E-state index < -0.39 is 0 Å². The van der Waals surface area contributed by atoms with Gasteiger partial charge in [0.1, 0.15) is 16.8 Å². The molecule has 0 aliphatic rings. The van der Waals surface area contributed by atoms with Crippen LogP contribution in [0.25, 0.3) is 11.3 Å². The lowest BCUT2D eigenvalue weighted by Gasteiger charge is -2.13. The van der Waals surface area contributed by atoms with Crippen LogP contribution in [0.3, 0.4) is 0 Å². The Morgan fingerprint density at radius 1 is 1.16 bits per heavy atom. The number of thioether (sulfide) groups is 1. The van der Waals surface area contributed by atoms with Crippen molar-refractivity contribution in [2.45, 2.75) is 31.7 Å². The molecule has 1 heterocycles. The molecule has 0 saturated heterocycles. The third kappa shape index (κ3) is 5.65. The number of amides is 1. The minimum Gasteiger partial charge on any atom is -0.497 e. The molecule has 1 N–H and O–H groups in total. The van der Waals surface area contributed by atoms with E-state index in [-0.39, 0.29) is 5.91 Å². The van der Waals surface area contributed by atoms with Gasteiger partial charge in [-0.05, 0) is 60.9 Å². The molecule has 1 amide bonds. The van der Waals surface area contributed by atoms with Gasteiger partial charge in [0, 0.05) is 23.4 Å². The van der Waals surface area contributed by atoms with Crippen LogP contribution in [0.4, 0.5) is 5.69 Å². The van der Waals surface area contributed by atoms with Gasteiger partial charge < -0.3 is 10.1 Å².